The first-order valence-electron chi connectivity index (χ1n) is 0.768. The summed E-state index contributed by atoms with van der Waals surface area (Å²) in [4.78, 5) is 0. The van der Waals surface area contributed by atoms with Gasteiger partial charge in [0.05, 0.1) is 0 Å². The van der Waals surface area contributed by atoms with Gasteiger partial charge in [0.25, 0.3) is 0 Å². The molecule has 0 aliphatic rings. The van der Waals surface area contributed by atoms with Crippen LogP contribution < -0.4 is 8.58 Å². The SMILES string of the molecule is [NH2][Pt-4]([NH2])([OH])([OH])[Cl]. The first kappa shape index (κ1) is 6.82. The summed E-state index contributed by atoms with van der Waals surface area (Å²) in [5.74, 6) is 0. The zero-order valence-electron chi connectivity index (χ0n) is 2.74. The predicted octanol–water partition coefficient (Wildman–Crippen LogP) is -1.61. The van der Waals surface area contributed by atoms with E-state index >= 15 is 0 Å². The molecule has 49 valence electrons. The van der Waals surface area contributed by atoms with Gasteiger partial charge in [-0.05, 0) is 0 Å². The molecule has 0 saturated heterocycles. The van der Waals surface area contributed by atoms with E-state index in [9.17, 15) is 0 Å². The molecule has 0 rings (SSSR count). The molecule has 4 nitrogen and oxygen atoms in total. The summed E-state index contributed by atoms with van der Waals surface area (Å²) in [5, 5.41) is 0. The third-order valence-corrected chi connectivity index (χ3v) is 0. The van der Waals surface area contributed by atoms with Crippen LogP contribution in [0, 0.1) is 0 Å². The minimum atomic E-state index is -5.08. The normalized spacial score (nSPS) is 19.2. The summed E-state index contributed by atoms with van der Waals surface area (Å²) in [6.07, 6.45) is 0. The van der Waals surface area contributed by atoms with Crippen molar-refractivity contribution in [2.45, 2.75) is 0 Å². The van der Waals surface area contributed by atoms with Gasteiger partial charge in [-0.3, -0.25) is 0 Å². The van der Waals surface area contributed by atoms with Crippen molar-refractivity contribution in [3.63, 3.8) is 0 Å². The Bertz CT molecular complexity index is 44.7. The number of hydrogen-bond donors (Lipinski definition) is 4. The number of hydrogen-bond acceptors (Lipinski definition) is 4. The fraction of sp³-hybridized carbons (Fsp3) is 0. The zero-order valence-corrected chi connectivity index (χ0v) is 5.77. The van der Waals surface area contributed by atoms with Gasteiger partial charge in [0.15, 0.2) is 0 Å². The zero-order chi connectivity index (χ0) is 5.45. The van der Waals surface area contributed by atoms with E-state index in [4.69, 9.17) is 7.52 Å². The Kier molecular flexibility index (Phi) is 1.31. The van der Waals surface area contributed by atoms with Gasteiger partial charge in [-0.25, -0.2) is 0 Å². The maximum atomic E-state index is 8.05. The van der Waals surface area contributed by atoms with Gasteiger partial charge in [-0.2, -0.15) is 0 Å². The minimum absolute atomic E-state index is 4.44. The Morgan fingerprint density at radius 2 is 1.33 bits per heavy atom. The molecule has 6 heteroatoms. The number of halogens is 1. The Balaban J connectivity index is 3.73. The molecular weight excluding hydrogens is 291 g/mol. The van der Waals surface area contributed by atoms with E-state index in [1.807, 2.05) is 0 Å². The van der Waals surface area contributed by atoms with Crippen molar-refractivity contribution < 1.29 is 22.5 Å². The second kappa shape index (κ2) is 1.15. The van der Waals surface area contributed by atoms with Crippen molar-refractivity contribution in [1.82, 2.24) is 0 Å². The third kappa shape index (κ3) is 105. The van der Waals surface area contributed by atoms with Crippen LogP contribution in [0.1, 0.15) is 0 Å². The molecule has 0 aliphatic heterocycles. The van der Waals surface area contributed by atoms with Gasteiger partial charge in [0, 0.05) is 0 Å². The van der Waals surface area contributed by atoms with Crippen LogP contribution in [-0.2, 0) is 15.0 Å². The van der Waals surface area contributed by atoms with Gasteiger partial charge < -0.3 is 0 Å². The first-order valence-corrected chi connectivity index (χ1v) is 8.24. The van der Waals surface area contributed by atoms with Crippen LogP contribution in [0.15, 0.2) is 0 Å². The summed E-state index contributed by atoms with van der Waals surface area (Å²) in [6, 6.07) is 0. The van der Waals surface area contributed by atoms with Gasteiger partial charge >= 0.3 is 40.6 Å². The fourth-order valence-electron chi connectivity index (χ4n) is 0. The molecule has 6 heavy (non-hydrogen) atoms. The van der Waals surface area contributed by atoms with E-state index in [1.54, 1.807) is 0 Å². The second-order valence-corrected chi connectivity index (χ2v) is 10.1. The van der Waals surface area contributed by atoms with Crippen LogP contribution in [-0.4, -0.2) is 7.52 Å². The maximum absolute atomic E-state index is 8.05. The van der Waals surface area contributed by atoms with Crippen molar-refractivity contribution in [3.05, 3.63) is 0 Å². The van der Waals surface area contributed by atoms with Crippen molar-refractivity contribution >= 4 is 9.42 Å². The van der Waals surface area contributed by atoms with E-state index in [0.717, 1.165) is 0 Å². The molecule has 0 heterocycles. The topological polar surface area (TPSA) is 92.5 Å². The first-order chi connectivity index (χ1) is 2.24. The molecule has 0 aromatic carbocycles. The van der Waals surface area contributed by atoms with Crippen molar-refractivity contribution in [2.24, 2.45) is 8.58 Å². The molecule has 0 bridgehead atoms. The molecule has 0 fully saturated rings. The molecule has 0 aromatic heterocycles. The summed E-state index contributed by atoms with van der Waals surface area (Å²) in [5.41, 5.74) is 0. The molecule has 0 radical (unpaired) electrons. The van der Waals surface area contributed by atoms with E-state index in [2.05, 4.69) is 18.0 Å². The molecule has 0 aliphatic carbocycles. The van der Waals surface area contributed by atoms with Gasteiger partial charge in [-0.15, -0.1) is 0 Å². The van der Waals surface area contributed by atoms with Gasteiger partial charge in [0.1, 0.15) is 0 Å². The molecule has 0 spiro atoms. The number of nitrogens with two attached hydrogens (primary N) is 2. The monoisotopic (exact) mass is 296 g/mol. The summed E-state index contributed by atoms with van der Waals surface area (Å²) >= 11 is -5.08. The predicted molar refractivity (Wildman–Crippen MR) is 18.7 cm³/mol. The van der Waals surface area contributed by atoms with Gasteiger partial charge in [0.2, 0.25) is 0 Å². The van der Waals surface area contributed by atoms with E-state index in [0.29, 0.717) is 0 Å². The molecule has 0 aromatic rings. The Labute approximate surface area is 41.0 Å². The van der Waals surface area contributed by atoms with E-state index in [1.165, 1.54) is 0 Å². The molecule has 6 N–H and O–H groups in total. The van der Waals surface area contributed by atoms with Gasteiger partial charge in [-0.1, -0.05) is 0 Å². The molecular formula is H6ClN2O2Pt-4. The second-order valence-electron chi connectivity index (χ2n) is 0.740. The van der Waals surface area contributed by atoms with Crippen LogP contribution in [0.2, 0.25) is 0 Å². The molecule has 0 saturated carbocycles. The van der Waals surface area contributed by atoms with Crippen LogP contribution in [0.3, 0.4) is 0 Å². The molecule has 0 atom stereocenters. The average molecular weight is 297 g/mol. The van der Waals surface area contributed by atoms with E-state index < -0.39 is 15.0 Å². The van der Waals surface area contributed by atoms with Crippen LogP contribution in [0.5, 0.6) is 0 Å². The molecule has 0 unspecified atom stereocenters. The molecule has 0 amide bonds. The van der Waals surface area contributed by atoms with Crippen LogP contribution in [0.4, 0.5) is 0 Å². The average Bonchev–Trinajstić information content (AvgIpc) is 0.650. The Hall–Kier alpha value is 0.818. The van der Waals surface area contributed by atoms with Crippen LogP contribution >= 0.6 is 9.42 Å². The summed E-state index contributed by atoms with van der Waals surface area (Å²) in [6.45, 7) is 0. The quantitative estimate of drug-likeness (QED) is 0.433. The van der Waals surface area contributed by atoms with Crippen molar-refractivity contribution in [1.29, 1.82) is 0 Å². The Morgan fingerprint density at radius 3 is 1.33 bits per heavy atom. The van der Waals surface area contributed by atoms with E-state index in [-0.39, 0.29) is 0 Å². The fourth-order valence-corrected chi connectivity index (χ4v) is 0. The van der Waals surface area contributed by atoms with Crippen molar-refractivity contribution in [3.8, 4) is 0 Å². The third-order valence-electron chi connectivity index (χ3n) is 0. The Morgan fingerprint density at radius 1 is 1.33 bits per heavy atom. The summed E-state index contributed by atoms with van der Waals surface area (Å²) < 4.78 is 25.0. The summed E-state index contributed by atoms with van der Waals surface area (Å²) in [7, 11) is 4.64. The standard InChI is InChI=1S/ClH.2H2N.2H2O.Pt/h1H;4*1H2;/q;2*-1;;;+1/p-3. The van der Waals surface area contributed by atoms with Crippen molar-refractivity contribution in [2.75, 3.05) is 0 Å². The van der Waals surface area contributed by atoms with Crippen LogP contribution in [0.25, 0.3) is 0 Å². The number of rotatable bonds is 0.